The Morgan fingerprint density at radius 2 is 1.35 bits per heavy atom. The molecule has 0 bridgehead atoms. The summed E-state index contributed by atoms with van der Waals surface area (Å²) in [5.74, 6) is 0. The van der Waals surface area contributed by atoms with Crippen LogP contribution in [-0.4, -0.2) is 46.6 Å². The Labute approximate surface area is 125 Å². The molecule has 0 rings (SSSR count). The highest BCUT2D eigenvalue weighted by Crippen LogP contribution is 2.18. The summed E-state index contributed by atoms with van der Waals surface area (Å²) in [7, 11) is -2.73. The maximum absolute atomic E-state index is 5.94. The van der Waals surface area contributed by atoms with E-state index in [0.29, 0.717) is 19.8 Å². The van der Waals surface area contributed by atoms with E-state index in [0.717, 1.165) is 6.42 Å². The fourth-order valence-corrected chi connectivity index (χ4v) is 5.26. The predicted octanol–water partition coefficient (Wildman–Crippen LogP) is 1.18. The second-order valence-corrected chi connectivity index (χ2v) is 7.48. The molecule has 0 aliphatic carbocycles. The molecule has 0 saturated heterocycles. The lowest BCUT2D eigenvalue weighted by molar-refractivity contribution is 0.0551. The Kier molecular flexibility index (Phi) is 10.7. The van der Waals surface area contributed by atoms with Crippen molar-refractivity contribution in [2.75, 3.05) is 19.8 Å². The lowest BCUT2D eigenvalue weighted by atomic mass is 10.4. The molecule has 3 atom stereocenters. The standard InChI is InChI=1S/C13H33N3O3Si/c1-7-13(16-12(6)15-11(5)14)20(17-8-2,18-9-3)19-10-4/h11-13,15-16H,7-10,14H2,1-6H3. The summed E-state index contributed by atoms with van der Waals surface area (Å²) < 4.78 is 17.8. The average molecular weight is 308 g/mol. The second-order valence-electron chi connectivity index (χ2n) is 4.71. The fourth-order valence-electron chi connectivity index (χ4n) is 2.24. The Morgan fingerprint density at radius 1 is 0.900 bits per heavy atom. The smallest absolute Gasteiger partial charge is 0.373 e. The lowest BCUT2D eigenvalue weighted by Crippen LogP contribution is -2.65. The topological polar surface area (TPSA) is 77.8 Å². The molecule has 0 aliphatic rings. The lowest BCUT2D eigenvalue weighted by Gasteiger charge is -2.37. The maximum atomic E-state index is 5.94. The SMILES string of the molecule is CCO[Si](OCC)(OCC)C(CC)NC(C)NC(C)N. The van der Waals surface area contributed by atoms with Gasteiger partial charge in [-0.25, -0.2) is 0 Å². The minimum atomic E-state index is -2.73. The van der Waals surface area contributed by atoms with Crippen LogP contribution in [0.15, 0.2) is 0 Å². The monoisotopic (exact) mass is 307 g/mol. The molecule has 0 radical (unpaired) electrons. The molecule has 3 unspecified atom stereocenters. The van der Waals surface area contributed by atoms with Gasteiger partial charge in [-0.2, -0.15) is 0 Å². The van der Waals surface area contributed by atoms with Crippen LogP contribution in [0.5, 0.6) is 0 Å². The summed E-state index contributed by atoms with van der Waals surface area (Å²) in [6, 6.07) is 0. The fraction of sp³-hybridized carbons (Fsp3) is 1.00. The first-order valence-corrected chi connectivity index (χ1v) is 9.45. The van der Waals surface area contributed by atoms with Crippen LogP contribution >= 0.6 is 0 Å². The van der Waals surface area contributed by atoms with Crippen LogP contribution in [0.1, 0.15) is 48.0 Å². The summed E-state index contributed by atoms with van der Waals surface area (Å²) in [5, 5.41) is 6.72. The van der Waals surface area contributed by atoms with Gasteiger partial charge < -0.3 is 19.0 Å². The molecule has 0 aromatic carbocycles. The van der Waals surface area contributed by atoms with Crippen molar-refractivity contribution in [2.45, 2.75) is 66.0 Å². The molecular formula is C13H33N3O3Si. The first kappa shape index (κ1) is 20.0. The molecule has 0 saturated carbocycles. The highest BCUT2D eigenvalue weighted by molar-refractivity contribution is 6.62. The molecule has 0 spiro atoms. The van der Waals surface area contributed by atoms with E-state index < -0.39 is 8.80 Å². The van der Waals surface area contributed by atoms with E-state index in [1.54, 1.807) is 0 Å². The molecule has 6 nitrogen and oxygen atoms in total. The number of rotatable bonds is 12. The maximum Gasteiger partial charge on any atom is 0.518 e. The number of hydrogen-bond donors (Lipinski definition) is 3. The molecule has 7 heteroatoms. The number of hydrogen-bond acceptors (Lipinski definition) is 6. The third-order valence-electron chi connectivity index (χ3n) is 2.84. The molecule has 0 amide bonds. The summed E-state index contributed by atoms with van der Waals surface area (Å²) in [6.07, 6.45) is 0.863. The van der Waals surface area contributed by atoms with Gasteiger partial charge in [0.2, 0.25) is 0 Å². The van der Waals surface area contributed by atoms with Gasteiger partial charge in [-0.05, 0) is 41.0 Å². The van der Waals surface area contributed by atoms with Gasteiger partial charge in [-0.15, -0.1) is 0 Å². The van der Waals surface area contributed by atoms with Crippen molar-refractivity contribution < 1.29 is 13.3 Å². The average Bonchev–Trinajstić information content (AvgIpc) is 2.35. The molecule has 0 aromatic rings. The summed E-state index contributed by atoms with van der Waals surface area (Å²) in [5.41, 5.74) is 5.81. The zero-order valence-corrected chi connectivity index (χ0v) is 14.9. The first-order valence-electron chi connectivity index (χ1n) is 7.65. The van der Waals surface area contributed by atoms with Gasteiger partial charge in [0.25, 0.3) is 0 Å². The number of nitrogens with two attached hydrogens (primary N) is 1. The first-order chi connectivity index (χ1) is 9.45. The van der Waals surface area contributed by atoms with E-state index >= 15 is 0 Å². The Balaban J connectivity index is 4.94. The molecule has 0 heterocycles. The van der Waals surface area contributed by atoms with Gasteiger partial charge in [0.15, 0.2) is 0 Å². The van der Waals surface area contributed by atoms with Crippen molar-refractivity contribution in [3.05, 3.63) is 0 Å². The Hall–Kier alpha value is -0.0231. The third-order valence-corrected chi connectivity index (χ3v) is 6.34. The summed E-state index contributed by atoms with van der Waals surface area (Å²) in [6.45, 7) is 13.7. The zero-order chi connectivity index (χ0) is 15.6. The van der Waals surface area contributed by atoms with Crippen LogP contribution in [0.25, 0.3) is 0 Å². The highest BCUT2D eigenvalue weighted by Gasteiger charge is 2.48. The van der Waals surface area contributed by atoms with Crippen molar-refractivity contribution >= 4 is 8.80 Å². The van der Waals surface area contributed by atoms with Crippen molar-refractivity contribution in [3.63, 3.8) is 0 Å². The van der Waals surface area contributed by atoms with Crippen molar-refractivity contribution in [1.29, 1.82) is 0 Å². The van der Waals surface area contributed by atoms with E-state index in [-0.39, 0.29) is 18.0 Å². The van der Waals surface area contributed by atoms with Crippen molar-refractivity contribution in [3.8, 4) is 0 Å². The zero-order valence-electron chi connectivity index (χ0n) is 13.9. The van der Waals surface area contributed by atoms with Crippen LogP contribution in [0, 0.1) is 0 Å². The summed E-state index contributed by atoms with van der Waals surface area (Å²) in [4.78, 5) is 0. The van der Waals surface area contributed by atoms with Gasteiger partial charge in [0.05, 0.1) is 18.0 Å². The van der Waals surface area contributed by atoms with E-state index in [4.69, 9.17) is 19.0 Å². The van der Waals surface area contributed by atoms with E-state index in [2.05, 4.69) is 17.6 Å². The number of nitrogens with one attached hydrogen (secondary N) is 2. The van der Waals surface area contributed by atoms with Crippen LogP contribution in [0.2, 0.25) is 0 Å². The van der Waals surface area contributed by atoms with Crippen LogP contribution < -0.4 is 16.4 Å². The van der Waals surface area contributed by atoms with Gasteiger partial charge >= 0.3 is 8.80 Å². The predicted molar refractivity (Wildman–Crippen MR) is 84.1 cm³/mol. The van der Waals surface area contributed by atoms with Crippen LogP contribution in [0.4, 0.5) is 0 Å². The van der Waals surface area contributed by atoms with E-state index in [1.807, 2.05) is 34.6 Å². The molecular weight excluding hydrogens is 274 g/mol. The van der Waals surface area contributed by atoms with Crippen LogP contribution in [-0.2, 0) is 13.3 Å². The highest BCUT2D eigenvalue weighted by atomic mass is 28.4. The van der Waals surface area contributed by atoms with E-state index in [9.17, 15) is 0 Å². The molecule has 0 aliphatic heterocycles. The van der Waals surface area contributed by atoms with Crippen LogP contribution in [0.3, 0.4) is 0 Å². The van der Waals surface area contributed by atoms with Gasteiger partial charge in [0.1, 0.15) is 0 Å². The minimum absolute atomic E-state index is 0.0450. The molecule has 4 N–H and O–H groups in total. The summed E-state index contributed by atoms with van der Waals surface area (Å²) >= 11 is 0. The van der Waals surface area contributed by atoms with Crippen molar-refractivity contribution in [2.24, 2.45) is 5.73 Å². The van der Waals surface area contributed by atoms with Gasteiger partial charge in [-0.1, -0.05) is 6.92 Å². The molecule has 0 aromatic heterocycles. The largest absolute Gasteiger partial charge is 0.518 e. The van der Waals surface area contributed by atoms with E-state index in [1.165, 1.54) is 0 Å². The molecule has 122 valence electrons. The molecule has 0 fully saturated rings. The molecule has 20 heavy (non-hydrogen) atoms. The van der Waals surface area contributed by atoms with Gasteiger partial charge in [-0.3, -0.25) is 10.6 Å². The van der Waals surface area contributed by atoms with Gasteiger partial charge in [0, 0.05) is 19.8 Å². The minimum Gasteiger partial charge on any atom is -0.373 e. The second kappa shape index (κ2) is 10.7. The Bertz CT molecular complexity index is 228. The third kappa shape index (κ3) is 6.62. The van der Waals surface area contributed by atoms with Crippen molar-refractivity contribution in [1.82, 2.24) is 10.6 Å². The Morgan fingerprint density at radius 3 is 1.65 bits per heavy atom. The quantitative estimate of drug-likeness (QED) is 0.371. The normalized spacial score (nSPS) is 16.9.